The van der Waals surface area contributed by atoms with Crippen molar-refractivity contribution in [2.45, 2.75) is 25.4 Å². The Bertz CT molecular complexity index is 1590. The predicted octanol–water partition coefficient (Wildman–Crippen LogP) is 6.82. The van der Waals surface area contributed by atoms with E-state index in [9.17, 15) is 13.6 Å². The summed E-state index contributed by atoms with van der Waals surface area (Å²) in [6.45, 7) is 0.839. The Morgan fingerprint density at radius 1 is 0.825 bits per heavy atom. The molecule has 0 unspecified atom stereocenters. The summed E-state index contributed by atoms with van der Waals surface area (Å²) in [5, 5.41) is 4.00. The molecule has 4 aromatic carbocycles. The van der Waals surface area contributed by atoms with Gasteiger partial charge in [0.05, 0.1) is 14.2 Å². The first-order valence-electron chi connectivity index (χ1n) is 13.0. The molecule has 0 spiro atoms. The summed E-state index contributed by atoms with van der Waals surface area (Å²) < 4.78 is 40.0. The van der Waals surface area contributed by atoms with E-state index in [4.69, 9.17) is 9.47 Å². The number of nitrogens with one attached hydrogen (secondary N) is 1. The number of para-hydroxylation sites is 1. The van der Waals surface area contributed by atoms with Gasteiger partial charge in [-0.05, 0) is 64.7 Å². The highest BCUT2D eigenvalue weighted by Crippen LogP contribution is 2.38. The molecule has 0 radical (unpaired) electrons. The normalized spacial score (nSPS) is 11.8. The molecule has 40 heavy (non-hydrogen) atoms. The highest BCUT2D eigenvalue weighted by atomic mass is 19.1. The molecular formula is C33H30F2N2O3. The van der Waals surface area contributed by atoms with Gasteiger partial charge in [0.2, 0.25) is 5.91 Å². The number of benzene rings is 4. The molecule has 0 saturated heterocycles. The summed E-state index contributed by atoms with van der Waals surface area (Å²) >= 11 is 0. The van der Waals surface area contributed by atoms with Crippen molar-refractivity contribution in [2.75, 3.05) is 14.2 Å². The van der Waals surface area contributed by atoms with Gasteiger partial charge in [0.1, 0.15) is 23.1 Å². The maximum absolute atomic E-state index is 13.5. The van der Waals surface area contributed by atoms with Crippen molar-refractivity contribution >= 4 is 16.8 Å². The van der Waals surface area contributed by atoms with Gasteiger partial charge in [0.25, 0.3) is 0 Å². The Balaban J connectivity index is 1.53. The topological polar surface area (TPSA) is 52.5 Å². The summed E-state index contributed by atoms with van der Waals surface area (Å²) in [5.74, 6) is 0.185. The van der Waals surface area contributed by atoms with Crippen LogP contribution in [0.4, 0.5) is 8.78 Å². The van der Waals surface area contributed by atoms with Crippen LogP contribution < -0.4 is 14.8 Å². The fourth-order valence-electron chi connectivity index (χ4n) is 4.97. The lowest BCUT2D eigenvalue weighted by Crippen LogP contribution is -2.25. The van der Waals surface area contributed by atoms with Crippen LogP contribution in [0.5, 0.6) is 11.5 Å². The Hall–Kier alpha value is -4.65. The van der Waals surface area contributed by atoms with E-state index < -0.39 is 0 Å². The fourth-order valence-corrected chi connectivity index (χ4v) is 4.97. The molecule has 0 fully saturated rings. The maximum atomic E-state index is 13.5. The average Bonchev–Trinajstić information content (AvgIpc) is 3.34. The molecule has 0 aliphatic carbocycles. The summed E-state index contributed by atoms with van der Waals surface area (Å²) in [5.41, 5.74) is 4.63. The van der Waals surface area contributed by atoms with Crippen LogP contribution >= 0.6 is 0 Å². The number of nitrogens with zero attached hydrogens (tertiary/aromatic N) is 1. The lowest BCUT2D eigenvalue weighted by atomic mass is 9.87. The number of amides is 1. The second kappa shape index (κ2) is 12.0. The van der Waals surface area contributed by atoms with Gasteiger partial charge in [-0.15, -0.1) is 0 Å². The van der Waals surface area contributed by atoms with E-state index in [0.717, 1.165) is 33.2 Å². The summed E-state index contributed by atoms with van der Waals surface area (Å²) in [7, 11) is 3.19. The highest BCUT2D eigenvalue weighted by molar-refractivity contribution is 5.87. The van der Waals surface area contributed by atoms with E-state index in [0.29, 0.717) is 24.6 Å². The number of aromatic nitrogens is 1. The second-order valence-corrected chi connectivity index (χ2v) is 9.66. The Morgan fingerprint density at radius 3 is 2.05 bits per heavy atom. The Labute approximate surface area is 232 Å². The number of ether oxygens (including phenoxy) is 2. The van der Waals surface area contributed by atoms with Crippen LogP contribution in [0.1, 0.15) is 34.6 Å². The zero-order valence-corrected chi connectivity index (χ0v) is 22.4. The number of carbonyl (C=O) groups is 1. The fraction of sp³-hybridized carbons (Fsp3) is 0.182. The second-order valence-electron chi connectivity index (χ2n) is 9.66. The SMILES string of the molecule is COc1cc(OC)cc([C@H](CC(=O)NCc2ccc(F)cc2)c2cn(Cc3ccc(F)cc3)c3ccccc23)c1. The van der Waals surface area contributed by atoms with E-state index in [-0.39, 0.29) is 29.9 Å². The Kier molecular flexibility index (Phi) is 8.10. The van der Waals surface area contributed by atoms with E-state index in [1.54, 1.807) is 44.6 Å². The van der Waals surface area contributed by atoms with Gasteiger partial charge >= 0.3 is 0 Å². The molecule has 5 nitrogen and oxygen atoms in total. The van der Waals surface area contributed by atoms with Gasteiger partial charge in [0, 0.05) is 48.6 Å². The van der Waals surface area contributed by atoms with Gasteiger partial charge in [-0.2, -0.15) is 0 Å². The molecule has 0 saturated carbocycles. The Morgan fingerprint density at radius 2 is 1.43 bits per heavy atom. The number of halogens is 2. The minimum Gasteiger partial charge on any atom is -0.497 e. The largest absolute Gasteiger partial charge is 0.497 e. The first kappa shape index (κ1) is 26.9. The van der Waals surface area contributed by atoms with Gasteiger partial charge in [-0.3, -0.25) is 4.79 Å². The van der Waals surface area contributed by atoms with Crippen molar-refractivity contribution < 1.29 is 23.0 Å². The number of fused-ring (bicyclic) bond motifs is 1. The third-order valence-electron chi connectivity index (χ3n) is 7.03. The van der Waals surface area contributed by atoms with Gasteiger partial charge in [0.15, 0.2) is 0 Å². The van der Waals surface area contributed by atoms with E-state index >= 15 is 0 Å². The van der Waals surface area contributed by atoms with Crippen molar-refractivity contribution in [2.24, 2.45) is 0 Å². The molecule has 1 amide bonds. The number of methoxy groups -OCH3 is 2. The van der Waals surface area contributed by atoms with Crippen LogP contribution in [0, 0.1) is 11.6 Å². The van der Waals surface area contributed by atoms with Crippen molar-refractivity contribution in [1.82, 2.24) is 9.88 Å². The minimum atomic E-state index is -0.323. The van der Waals surface area contributed by atoms with Crippen LogP contribution in [0.3, 0.4) is 0 Å². The van der Waals surface area contributed by atoms with Crippen molar-refractivity contribution in [3.63, 3.8) is 0 Å². The number of carbonyl (C=O) groups excluding carboxylic acids is 1. The number of rotatable bonds is 10. The zero-order valence-electron chi connectivity index (χ0n) is 22.4. The molecule has 7 heteroatoms. The molecule has 204 valence electrons. The zero-order chi connectivity index (χ0) is 28.1. The van der Waals surface area contributed by atoms with E-state index in [1.807, 2.05) is 36.4 Å². The first-order valence-corrected chi connectivity index (χ1v) is 13.0. The van der Waals surface area contributed by atoms with Crippen molar-refractivity contribution in [1.29, 1.82) is 0 Å². The highest BCUT2D eigenvalue weighted by Gasteiger charge is 2.24. The molecule has 1 heterocycles. The van der Waals surface area contributed by atoms with Crippen LogP contribution in [0.25, 0.3) is 10.9 Å². The monoisotopic (exact) mass is 540 g/mol. The van der Waals surface area contributed by atoms with Crippen molar-refractivity contribution in [3.8, 4) is 11.5 Å². The van der Waals surface area contributed by atoms with Gasteiger partial charge in [-0.25, -0.2) is 8.78 Å². The quantitative estimate of drug-likeness (QED) is 0.211. The lowest BCUT2D eigenvalue weighted by Gasteiger charge is -2.19. The van der Waals surface area contributed by atoms with E-state index in [2.05, 4.69) is 16.1 Å². The molecule has 0 aliphatic rings. The molecule has 5 rings (SSSR count). The summed E-state index contributed by atoms with van der Waals surface area (Å²) in [6, 6.07) is 26.2. The minimum absolute atomic E-state index is 0.147. The van der Waals surface area contributed by atoms with Gasteiger partial charge in [-0.1, -0.05) is 42.5 Å². The molecule has 1 aromatic heterocycles. The molecule has 1 atom stereocenters. The van der Waals surface area contributed by atoms with Crippen LogP contribution in [-0.4, -0.2) is 24.7 Å². The first-order chi connectivity index (χ1) is 19.4. The van der Waals surface area contributed by atoms with Gasteiger partial charge < -0.3 is 19.4 Å². The van der Waals surface area contributed by atoms with Crippen LogP contribution in [-0.2, 0) is 17.9 Å². The maximum Gasteiger partial charge on any atom is 0.221 e. The van der Waals surface area contributed by atoms with Crippen molar-refractivity contribution in [3.05, 3.63) is 131 Å². The molecular weight excluding hydrogens is 510 g/mol. The smallest absolute Gasteiger partial charge is 0.221 e. The summed E-state index contributed by atoms with van der Waals surface area (Å²) in [4.78, 5) is 13.3. The molecule has 0 aliphatic heterocycles. The number of hydrogen-bond acceptors (Lipinski definition) is 3. The third-order valence-corrected chi connectivity index (χ3v) is 7.03. The predicted molar refractivity (Wildman–Crippen MR) is 152 cm³/mol. The molecule has 0 bridgehead atoms. The molecule has 5 aromatic rings. The standard InChI is InChI=1S/C33H30F2N2O3/c1-39-27-15-24(16-28(17-27)40-2)30(18-33(38)36-19-22-7-11-25(34)12-8-22)31-21-37(32-6-4-3-5-29(31)32)20-23-9-13-26(35)14-10-23/h3-17,21,30H,18-20H2,1-2H3,(H,36,38)/t30-/m0/s1. The van der Waals surface area contributed by atoms with Crippen LogP contribution in [0.2, 0.25) is 0 Å². The lowest BCUT2D eigenvalue weighted by molar-refractivity contribution is -0.121. The molecule has 1 N–H and O–H groups in total. The average molecular weight is 541 g/mol. The third kappa shape index (κ3) is 6.15. The number of hydrogen-bond donors (Lipinski definition) is 1. The van der Waals surface area contributed by atoms with E-state index in [1.165, 1.54) is 24.3 Å². The summed E-state index contributed by atoms with van der Waals surface area (Å²) in [6.07, 6.45) is 2.24. The van der Waals surface area contributed by atoms with Crippen LogP contribution in [0.15, 0.2) is 97.2 Å².